The molecule has 0 radical (unpaired) electrons. The van der Waals surface area contributed by atoms with Gasteiger partial charge in [0.1, 0.15) is 0 Å². The summed E-state index contributed by atoms with van der Waals surface area (Å²) < 4.78 is 0.913. The molecule has 0 aliphatic rings. The summed E-state index contributed by atoms with van der Waals surface area (Å²) >= 11 is 0. The molecule has 0 aliphatic heterocycles. The lowest BCUT2D eigenvalue weighted by Crippen LogP contribution is -2.35. The number of hydrogen-bond donors (Lipinski definition) is 0. The van der Waals surface area contributed by atoms with E-state index in [1.807, 2.05) is 0 Å². The fourth-order valence-electron chi connectivity index (χ4n) is 0.861. The normalized spacial score (nSPS) is 11.1. The number of nitrogens with zero attached hydrogens (tertiary/aromatic N) is 2. The molecule has 1 amide bonds. The zero-order valence-electron chi connectivity index (χ0n) is 9.13. The molecule has 0 aromatic heterocycles. The van der Waals surface area contributed by atoms with Crippen molar-refractivity contribution in [2.24, 2.45) is 0 Å². The van der Waals surface area contributed by atoms with Gasteiger partial charge in [0.2, 0.25) is 0 Å². The highest BCUT2D eigenvalue weighted by molar-refractivity contribution is 6.02. The van der Waals surface area contributed by atoms with Crippen LogP contribution in [0.4, 0.5) is 0 Å². The van der Waals surface area contributed by atoms with Crippen molar-refractivity contribution in [2.75, 3.05) is 34.2 Å². The number of carbonyl (C=O) groups is 1. The lowest BCUT2D eigenvalue weighted by atomic mass is 10.3. The van der Waals surface area contributed by atoms with Crippen molar-refractivity contribution in [1.82, 2.24) is 0 Å². The first-order valence-corrected chi connectivity index (χ1v) is 4.51. The van der Waals surface area contributed by atoms with Crippen molar-refractivity contribution in [2.45, 2.75) is 13.3 Å². The largest absolute Gasteiger partial charge is 0.649 e. The molecule has 0 rings (SSSR count). The fraction of sp³-hybridized carbons (Fsp3) is 0.700. The Kier molecular flexibility index (Phi) is 4.70. The van der Waals surface area contributed by atoms with E-state index in [1.165, 1.54) is 0 Å². The maximum absolute atomic E-state index is 11.0. The fourth-order valence-corrected chi connectivity index (χ4v) is 0.861. The zero-order chi connectivity index (χ0) is 10.5. The number of amides is 1. The van der Waals surface area contributed by atoms with Gasteiger partial charge in [-0.05, 0) is 18.9 Å². The van der Waals surface area contributed by atoms with Crippen molar-refractivity contribution in [1.29, 1.82) is 0 Å². The van der Waals surface area contributed by atoms with Gasteiger partial charge in [-0.25, -0.2) is 0 Å². The molecular formula is C10H20N2O. The van der Waals surface area contributed by atoms with Gasteiger partial charge in [-0.15, -0.1) is 6.54 Å². The third kappa shape index (κ3) is 7.53. The first-order valence-electron chi connectivity index (χ1n) is 4.51. The van der Waals surface area contributed by atoms with Gasteiger partial charge in [0.15, 0.2) is 0 Å². The van der Waals surface area contributed by atoms with E-state index in [0.29, 0.717) is 12.1 Å². The summed E-state index contributed by atoms with van der Waals surface area (Å²) in [6.07, 6.45) is 0.947. The highest BCUT2D eigenvalue weighted by Crippen LogP contribution is 2.01. The van der Waals surface area contributed by atoms with Gasteiger partial charge in [0.05, 0.1) is 33.6 Å². The average Bonchev–Trinajstić information content (AvgIpc) is 1.95. The van der Waals surface area contributed by atoms with Crippen molar-refractivity contribution in [3.63, 3.8) is 0 Å². The summed E-state index contributed by atoms with van der Waals surface area (Å²) in [5.74, 6) is -0.165. The summed E-state index contributed by atoms with van der Waals surface area (Å²) in [4.78, 5) is 11.0. The molecule has 0 spiro atoms. The first-order chi connectivity index (χ1) is 5.83. The van der Waals surface area contributed by atoms with Crippen LogP contribution in [0, 0.1) is 0 Å². The zero-order valence-corrected chi connectivity index (χ0v) is 9.13. The second kappa shape index (κ2) is 5.02. The van der Waals surface area contributed by atoms with Gasteiger partial charge in [-0.2, -0.15) is 0 Å². The van der Waals surface area contributed by atoms with E-state index in [2.05, 4.69) is 33.0 Å². The molecule has 0 aliphatic carbocycles. The van der Waals surface area contributed by atoms with Crippen molar-refractivity contribution in [3.05, 3.63) is 17.5 Å². The Bertz CT molecular complexity index is 192. The molecule has 0 saturated carbocycles. The molecule has 0 bridgehead atoms. The van der Waals surface area contributed by atoms with Crippen molar-refractivity contribution in [3.8, 4) is 0 Å². The predicted molar refractivity (Wildman–Crippen MR) is 55.6 cm³/mol. The van der Waals surface area contributed by atoms with E-state index in [0.717, 1.165) is 17.4 Å². The van der Waals surface area contributed by atoms with Gasteiger partial charge in [0, 0.05) is 0 Å². The molecule has 0 aromatic carbocycles. The van der Waals surface area contributed by atoms with Gasteiger partial charge >= 0.3 is 0 Å². The highest BCUT2D eigenvalue weighted by Gasteiger charge is 2.03. The van der Waals surface area contributed by atoms with Crippen molar-refractivity contribution < 1.29 is 9.28 Å². The van der Waals surface area contributed by atoms with E-state index in [9.17, 15) is 4.79 Å². The number of carbonyl (C=O) groups excluding carboxylic acids is 1. The Morgan fingerprint density at radius 1 is 1.38 bits per heavy atom. The molecular weight excluding hydrogens is 164 g/mol. The summed E-state index contributed by atoms with van der Waals surface area (Å²) in [5.41, 5.74) is 0.519. The summed E-state index contributed by atoms with van der Waals surface area (Å²) in [5, 5.41) is 3.88. The van der Waals surface area contributed by atoms with Gasteiger partial charge in [0.25, 0.3) is 0 Å². The van der Waals surface area contributed by atoms with Crippen LogP contribution in [0.25, 0.3) is 5.32 Å². The second-order valence-corrected chi connectivity index (χ2v) is 4.33. The van der Waals surface area contributed by atoms with E-state index >= 15 is 0 Å². The minimum absolute atomic E-state index is 0.165. The van der Waals surface area contributed by atoms with E-state index in [4.69, 9.17) is 0 Å². The molecule has 0 aromatic rings. The van der Waals surface area contributed by atoms with E-state index in [1.54, 1.807) is 6.92 Å². The van der Waals surface area contributed by atoms with Crippen LogP contribution in [0.1, 0.15) is 13.3 Å². The van der Waals surface area contributed by atoms with Crippen LogP contribution in [0.5, 0.6) is 0 Å². The summed E-state index contributed by atoms with van der Waals surface area (Å²) in [7, 11) is 6.38. The van der Waals surface area contributed by atoms with Crippen LogP contribution >= 0.6 is 0 Å². The smallest absolute Gasteiger partial charge is 0.0770 e. The minimum Gasteiger partial charge on any atom is -0.649 e. The Hall–Kier alpha value is -0.830. The molecule has 3 heteroatoms. The topological polar surface area (TPSA) is 31.2 Å². The second-order valence-electron chi connectivity index (χ2n) is 4.33. The Balaban J connectivity index is 3.47. The Morgan fingerprint density at radius 2 is 1.92 bits per heavy atom. The Morgan fingerprint density at radius 3 is 2.31 bits per heavy atom. The molecule has 3 nitrogen and oxygen atoms in total. The van der Waals surface area contributed by atoms with Crippen LogP contribution in [0.15, 0.2) is 12.2 Å². The monoisotopic (exact) mass is 184 g/mol. The lowest BCUT2D eigenvalue weighted by molar-refractivity contribution is -0.870. The highest BCUT2D eigenvalue weighted by atomic mass is 16.1. The van der Waals surface area contributed by atoms with E-state index < -0.39 is 0 Å². The molecule has 0 fully saturated rings. The molecule has 0 N–H and O–H groups in total. The lowest BCUT2D eigenvalue weighted by Gasteiger charge is -2.26. The quantitative estimate of drug-likeness (QED) is 0.362. The van der Waals surface area contributed by atoms with Gasteiger partial charge < -0.3 is 14.6 Å². The van der Waals surface area contributed by atoms with Gasteiger partial charge in [-0.3, -0.25) is 0 Å². The maximum Gasteiger partial charge on any atom is 0.0770 e. The van der Waals surface area contributed by atoms with Crippen LogP contribution in [0.3, 0.4) is 0 Å². The predicted octanol–water partition coefficient (Wildman–Crippen LogP) is 1.56. The standard InChI is InChI=1S/C10H20N2O/c1-9(2)10(13)11-7-6-8-12(3,4)5/h1,6-8H2,2-5H3. The number of hydrogen-bond acceptors (Lipinski definition) is 1. The molecule has 76 valence electrons. The summed E-state index contributed by atoms with van der Waals surface area (Å²) in [6, 6.07) is 0. The first kappa shape index (κ1) is 12.2. The Labute approximate surface area is 81.0 Å². The van der Waals surface area contributed by atoms with E-state index in [-0.39, 0.29) is 5.91 Å². The summed E-state index contributed by atoms with van der Waals surface area (Å²) in [6.45, 7) is 6.87. The minimum atomic E-state index is -0.165. The van der Waals surface area contributed by atoms with Crippen LogP contribution in [-0.4, -0.2) is 44.6 Å². The molecule has 0 saturated heterocycles. The van der Waals surface area contributed by atoms with Crippen LogP contribution < -0.4 is 0 Å². The van der Waals surface area contributed by atoms with Gasteiger partial charge in [-0.1, -0.05) is 6.58 Å². The molecule has 0 unspecified atom stereocenters. The van der Waals surface area contributed by atoms with Crippen LogP contribution in [-0.2, 0) is 4.79 Å². The number of rotatable bonds is 5. The number of quaternary nitrogens is 1. The molecule has 0 atom stereocenters. The average molecular weight is 184 g/mol. The molecule has 0 heterocycles. The maximum atomic E-state index is 11.0. The third-order valence-electron chi connectivity index (χ3n) is 1.61. The van der Waals surface area contributed by atoms with Crippen molar-refractivity contribution >= 4 is 5.91 Å². The molecule has 13 heavy (non-hydrogen) atoms. The third-order valence-corrected chi connectivity index (χ3v) is 1.61. The van der Waals surface area contributed by atoms with Crippen LogP contribution in [0.2, 0.25) is 0 Å². The SMILES string of the molecule is C=C(C)C(=O)[N-]CCC[N+](C)(C)C.